The van der Waals surface area contributed by atoms with Crippen molar-refractivity contribution < 1.29 is 32.2 Å². The fraction of sp³-hybridized carbons (Fsp3) is 0.316. The highest BCUT2D eigenvalue weighted by atomic mass is 32.2. The first kappa shape index (κ1) is 18.7. The Labute approximate surface area is 161 Å². The second-order valence-electron chi connectivity index (χ2n) is 6.80. The maximum absolute atomic E-state index is 13.1. The number of hydrogen-bond acceptors (Lipinski definition) is 5. The smallest absolute Gasteiger partial charge is 0.341 e. The van der Waals surface area contributed by atoms with E-state index >= 15 is 0 Å². The van der Waals surface area contributed by atoms with E-state index < -0.39 is 34.5 Å². The van der Waals surface area contributed by atoms with E-state index in [1.54, 1.807) is 12.1 Å². The molecule has 2 aromatic rings. The largest absolute Gasteiger partial charge is 0.486 e. The third-order valence-electron chi connectivity index (χ3n) is 5.02. The summed E-state index contributed by atoms with van der Waals surface area (Å²) in [5.41, 5.74) is 0.789. The molecule has 2 aliphatic rings. The van der Waals surface area contributed by atoms with Gasteiger partial charge in [0.25, 0.3) is 0 Å². The molecule has 1 fully saturated rings. The predicted molar refractivity (Wildman–Crippen MR) is 96.5 cm³/mol. The summed E-state index contributed by atoms with van der Waals surface area (Å²) < 4.78 is 52.4. The molecule has 0 aromatic heterocycles. The monoisotopic (exact) mass is 407 g/mol. The van der Waals surface area contributed by atoms with Crippen molar-refractivity contribution in [3.05, 3.63) is 53.8 Å². The summed E-state index contributed by atoms with van der Waals surface area (Å²) in [4.78, 5) is 10.8. The van der Waals surface area contributed by atoms with Gasteiger partial charge in [-0.25, -0.2) is 22.3 Å². The van der Waals surface area contributed by atoms with Gasteiger partial charge in [0.15, 0.2) is 18.1 Å². The molecule has 0 spiro atoms. The quantitative estimate of drug-likeness (QED) is 0.762. The number of sulfonamides is 1. The van der Waals surface area contributed by atoms with Crippen molar-refractivity contribution in [3.8, 4) is 11.5 Å². The molecule has 1 aliphatic heterocycles. The second kappa shape index (κ2) is 7.06. The van der Waals surface area contributed by atoms with Gasteiger partial charge in [-0.05, 0) is 43.2 Å². The number of hydrogen-bond donors (Lipinski definition) is 2. The minimum atomic E-state index is -3.81. The van der Waals surface area contributed by atoms with Gasteiger partial charge >= 0.3 is 5.97 Å². The van der Waals surface area contributed by atoms with Gasteiger partial charge in [0, 0.05) is 17.5 Å². The van der Waals surface area contributed by atoms with Gasteiger partial charge in [0.2, 0.25) is 10.0 Å². The molecule has 1 saturated carbocycles. The molecule has 2 N–H and O–H groups in total. The number of aliphatic carboxylic acids is 1. The molecule has 9 heteroatoms. The third-order valence-corrected chi connectivity index (χ3v) is 6.52. The normalized spacial score (nSPS) is 23.0. The predicted octanol–water partition coefficient (Wildman–Crippen LogP) is 2.27. The van der Waals surface area contributed by atoms with Crippen molar-refractivity contribution in [2.75, 3.05) is 6.61 Å². The number of carboxylic acid groups (broad SMARTS) is 1. The fourth-order valence-corrected chi connectivity index (χ4v) is 5.14. The zero-order valence-electron chi connectivity index (χ0n) is 14.7. The van der Waals surface area contributed by atoms with Crippen molar-refractivity contribution >= 4 is 16.0 Å². The Morgan fingerprint density at radius 1 is 1.21 bits per heavy atom. The Morgan fingerprint density at radius 2 is 1.96 bits per heavy atom. The Kier molecular flexibility index (Phi) is 4.72. The highest BCUT2D eigenvalue weighted by molar-refractivity contribution is 7.89. The van der Waals surface area contributed by atoms with Crippen LogP contribution in [0.4, 0.5) is 4.39 Å². The number of rotatable bonds is 6. The van der Waals surface area contributed by atoms with E-state index in [1.165, 1.54) is 12.1 Å². The standard InChI is InChI=1S/C19H18FNO6S/c20-11-4-6-12(7-5-11)28(24,25)21-14-8-9-15-18(14)13-2-1-3-16(19(13)27-15)26-10-17(22)23/h1-7,14-15,18,21H,8-10H2,(H,22,23). The zero-order chi connectivity index (χ0) is 19.9. The number of para-hydroxylation sites is 1. The molecule has 28 heavy (non-hydrogen) atoms. The first-order valence-corrected chi connectivity index (χ1v) is 10.3. The van der Waals surface area contributed by atoms with Gasteiger partial charge in [-0.2, -0.15) is 0 Å². The van der Waals surface area contributed by atoms with E-state index in [2.05, 4.69) is 4.72 Å². The summed E-state index contributed by atoms with van der Waals surface area (Å²) in [6.45, 7) is -0.490. The Bertz CT molecular complexity index is 1010. The lowest BCUT2D eigenvalue weighted by molar-refractivity contribution is -0.139. The number of nitrogens with one attached hydrogen (secondary N) is 1. The topological polar surface area (TPSA) is 102 Å². The van der Waals surface area contributed by atoms with Crippen LogP contribution in [0.3, 0.4) is 0 Å². The minimum absolute atomic E-state index is 0.00460. The number of carboxylic acids is 1. The first-order valence-electron chi connectivity index (χ1n) is 8.77. The molecule has 0 amide bonds. The molecule has 3 unspecified atom stereocenters. The van der Waals surface area contributed by atoms with Crippen molar-refractivity contribution in [2.24, 2.45) is 0 Å². The molecule has 2 aromatic carbocycles. The average molecular weight is 407 g/mol. The number of halogens is 1. The van der Waals surface area contributed by atoms with Crippen LogP contribution >= 0.6 is 0 Å². The van der Waals surface area contributed by atoms with Gasteiger partial charge in [0.05, 0.1) is 4.90 Å². The number of fused-ring (bicyclic) bond motifs is 3. The lowest BCUT2D eigenvalue weighted by Gasteiger charge is -2.19. The number of ether oxygens (including phenoxy) is 2. The van der Waals surface area contributed by atoms with E-state index in [0.29, 0.717) is 24.3 Å². The molecule has 0 saturated heterocycles. The Hall–Kier alpha value is -2.65. The molecule has 0 radical (unpaired) electrons. The van der Waals surface area contributed by atoms with Crippen LogP contribution in [0.15, 0.2) is 47.4 Å². The summed E-state index contributed by atoms with van der Waals surface area (Å²) >= 11 is 0. The van der Waals surface area contributed by atoms with E-state index in [-0.39, 0.29) is 16.9 Å². The summed E-state index contributed by atoms with van der Waals surface area (Å²) in [5.74, 6) is -1.02. The van der Waals surface area contributed by atoms with E-state index in [9.17, 15) is 17.6 Å². The highest BCUT2D eigenvalue weighted by Crippen LogP contribution is 2.51. The molecule has 1 heterocycles. The van der Waals surface area contributed by atoms with Crippen molar-refractivity contribution in [2.45, 2.75) is 35.8 Å². The highest BCUT2D eigenvalue weighted by Gasteiger charge is 2.47. The molecule has 0 bridgehead atoms. The maximum Gasteiger partial charge on any atom is 0.341 e. The van der Waals surface area contributed by atoms with E-state index in [4.69, 9.17) is 14.6 Å². The van der Waals surface area contributed by atoms with Crippen LogP contribution in [0.25, 0.3) is 0 Å². The van der Waals surface area contributed by atoms with Crippen molar-refractivity contribution in [1.29, 1.82) is 0 Å². The van der Waals surface area contributed by atoms with E-state index in [0.717, 1.165) is 17.7 Å². The molecule has 4 rings (SSSR count). The fourth-order valence-electron chi connectivity index (χ4n) is 3.85. The lowest BCUT2D eigenvalue weighted by atomic mass is 9.94. The summed E-state index contributed by atoms with van der Waals surface area (Å²) in [7, 11) is -3.81. The Balaban J connectivity index is 1.58. The molecule has 1 aliphatic carbocycles. The van der Waals surface area contributed by atoms with Gasteiger partial charge in [-0.3, -0.25) is 0 Å². The van der Waals surface area contributed by atoms with Gasteiger partial charge < -0.3 is 14.6 Å². The van der Waals surface area contributed by atoms with Crippen LogP contribution in [0.2, 0.25) is 0 Å². The maximum atomic E-state index is 13.1. The van der Waals surface area contributed by atoms with Crippen LogP contribution in [0.5, 0.6) is 11.5 Å². The van der Waals surface area contributed by atoms with Crippen LogP contribution < -0.4 is 14.2 Å². The van der Waals surface area contributed by atoms with Crippen LogP contribution in [-0.4, -0.2) is 38.2 Å². The van der Waals surface area contributed by atoms with Crippen molar-refractivity contribution in [1.82, 2.24) is 4.72 Å². The Morgan fingerprint density at radius 3 is 2.68 bits per heavy atom. The first-order chi connectivity index (χ1) is 13.3. The minimum Gasteiger partial charge on any atom is -0.486 e. The van der Waals surface area contributed by atoms with Gasteiger partial charge in [-0.1, -0.05) is 12.1 Å². The summed E-state index contributed by atoms with van der Waals surface area (Å²) in [6, 6.07) is 9.45. The SMILES string of the molecule is O=C(O)COc1cccc2c1OC1CCC(NS(=O)(=O)c3ccc(F)cc3)C21. The summed E-state index contributed by atoms with van der Waals surface area (Å²) in [6.07, 6.45) is 1.02. The second-order valence-corrected chi connectivity index (χ2v) is 8.51. The van der Waals surface area contributed by atoms with Gasteiger partial charge in [0.1, 0.15) is 11.9 Å². The molecule has 148 valence electrons. The van der Waals surface area contributed by atoms with Gasteiger partial charge in [-0.15, -0.1) is 0 Å². The van der Waals surface area contributed by atoms with Crippen LogP contribution in [-0.2, 0) is 14.8 Å². The third kappa shape index (κ3) is 3.43. The average Bonchev–Trinajstić information content (AvgIpc) is 3.20. The zero-order valence-corrected chi connectivity index (χ0v) is 15.5. The van der Waals surface area contributed by atoms with E-state index in [1.807, 2.05) is 6.07 Å². The van der Waals surface area contributed by atoms with Crippen LogP contribution in [0.1, 0.15) is 24.3 Å². The van der Waals surface area contributed by atoms with Crippen molar-refractivity contribution in [3.63, 3.8) is 0 Å². The molecular weight excluding hydrogens is 389 g/mol. The number of carbonyl (C=O) groups is 1. The molecule has 7 nitrogen and oxygen atoms in total. The number of benzene rings is 2. The lowest BCUT2D eigenvalue weighted by Crippen LogP contribution is -2.37. The molecular formula is C19H18FNO6S. The van der Waals surface area contributed by atoms with Crippen LogP contribution in [0, 0.1) is 5.82 Å². The summed E-state index contributed by atoms with van der Waals surface area (Å²) in [5, 5.41) is 8.81. The molecule has 3 atom stereocenters.